The summed E-state index contributed by atoms with van der Waals surface area (Å²) < 4.78 is 42.1. The Morgan fingerprint density at radius 1 is 1.19 bits per heavy atom. The van der Waals surface area contributed by atoms with E-state index < -0.39 is 11.7 Å². The SMILES string of the molecule is CCc1nsc(N2CCN(C(=NC)NCC#Cc3ccc(C(F)(F)F)cc3)CC2)n1.I. The van der Waals surface area contributed by atoms with E-state index in [4.69, 9.17) is 0 Å². The first-order valence-electron chi connectivity index (χ1n) is 9.60. The summed E-state index contributed by atoms with van der Waals surface area (Å²) in [5.74, 6) is 7.43. The number of nitrogens with zero attached hydrogens (tertiary/aromatic N) is 5. The Morgan fingerprint density at radius 2 is 1.87 bits per heavy atom. The number of aliphatic imine (C=N–C) groups is 1. The molecular formula is C20H24F3IN6S. The molecule has 0 saturated carbocycles. The zero-order valence-electron chi connectivity index (χ0n) is 17.2. The van der Waals surface area contributed by atoms with Gasteiger partial charge in [-0.3, -0.25) is 4.99 Å². The lowest BCUT2D eigenvalue weighted by Gasteiger charge is -2.36. The predicted octanol–water partition coefficient (Wildman–Crippen LogP) is 3.49. The minimum absolute atomic E-state index is 0. The first kappa shape index (κ1) is 25.2. The van der Waals surface area contributed by atoms with Crippen molar-refractivity contribution in [2.24, 2.45) is 4.99 Å². The number of benzene rings is 1. The molecule has 1 N–H and O–H groups in total. The van der Waals surface area contributed by atoms with Crippen LogP contribution in [0.2, 0.25) is 0 Å². The molecule has 0 aliphatic carbocycles. The Balaban J connectivity index is 0.00000341. The average molecular weight is 564 g/mol. The lowest BCUT2D eigenvalue weighted by Crippen LogP contribution is -2.52. The molecule has 2 aromatic rings. The third kappa shape index (κ3) is 6.96. The fourth-order valence-corrected chi connectivity index (χ4v) is 3.77. The van der Waals surface area contributed by atoms with Gasteiger partial charge in [-0.25, -0.2) is 4.98 Å². The molecule has 0 spiro atoms. The molecule has 3 rings (SSSR count). The normalized spacial score (nSPS) is 14.5. The minimum atomic E-state index is -4.33. The molecule has 1 aromatic carbocycles. The summed E-state index contributed by atoms with van der Waals surface area (Å²) in [6.45, 7) is 5.65. The van der Waals surface area contributed by atoms with Gasteiger partial charge in [-0.05, 0) is 24.3 Å². The lowest BCUT2D eigenvalue weighted by atomic mass is 10.1. The number of rotatable bonds is 3. The number of alkyl halides is 3. The van der Waals surface area contributed by atoms with Crippen LogP contribution in [0.5, 0.6) is 0 Å². The smallest absolute Gasteiger partial charge is 0.345 e. The van der Waals surface area contributed by atoms with Crippen molar-refractivity contribution in [2.75, 3.05) is 44.7 Å². The van der Waals surface area contributed by atoms with Crippen molar-refractivity contribution in [1.82, 2.24) is 19.6 Å². The first-order chi connectivity index (χ1) is 14.4. The van der Waals surface area contributed by atoms with Crippen LogP contribution in [0.1, 0.15) is 23.9 Å². The van der Waals surface area contributed by atoms with Gasteiger partial charge in [0.25, 0.3) is 0 Å². The van der Waals surface area contributed by atoms with Crippen LogP contribution in [0.4, 0.5) is 18.3 Å². The summed E-state index contributed by atoms with van der Waals surface area (Å²) in [5.41, 5.74) is -0.137. The van der Waals surface area contributed by atoms with Crippen LogP contribution in [0.3, 0.4) is 0 Å². The number of piperazine rings is 1. The summed E-state index contributed by atoms with van der Waals surface area (Å²) in [6, 6.07) is 4.83. The average Bonchev–Trinajstić information content (AvgIpc) is 3.23. The maximum absolute atomic E-state index is 12.6. The fourth-order valence-electron chi connectivity index (χ4n) is 2.97. The standard InChI is InChI=1S/C20H23F3N6S.HI/c1-3-17-26-19(30-27-17)29-13-11-28(12-14-29)18(24-2)25-10-4-5-15-6-8-16(9-7-15)20(21,22)23;/h6-9H,3,10-14H2,1-2H3,(H,24,25);1H. The van der Waals surface area contributed by atoms with Crippen molar-refractivity contribution in [3.05, 3.63) is 41.2 Å². The molecule has 31 heavy (non-hydrogen) atoms. The zero-order valence-corrected chi connectivity index (χ0v) is 20.4. The van der Waals surface area contributed by atoms with Gasteiger partial charge in [0.2, 0.25) is 5.13 Å². The van der Waals surface area contributed by atoms with Gasteiger partial charge in [-0.1, -0.05) is 18.8 Å². The van der Waals surface area contributed by atoms with Crippen LogP contribution in [0, 0.1) is 11.8 Å². The molecule has 1 aromatic heterocycles. The summed E-state index contributed by atoms with van der Waals surface area (Å²) in [6.07, 6.45) is -3.50. The Kier molecular flexibility index (Phi) is 9.36. The molecule has 0 atom stereocenters. The van der Waals surface area contributed by atoms with E-state index in [0.29, 0.717) is 12.1 Å². The minimum Gasteiger partial charge on any atom is -0.345 e. The van der Waals surface area contributed by atoms with Gasteiger partial charge in [0.1, 0.15) is 5.82 Å². The summed E-state index contributed by atoms with van der Waals surface area (Å²) in [7, 11) is 1.72. The maximum Gasteiger partial charge on any atom is 0.416 e. The van der Waals surface area contributed by atoms with E-state index in [1.54, 1.807) is 7.05 Å². The molecule has 1 saturated heterocycles. The molecule has 1 fully saturated rings. The van der Waals surface area contributed by atoms with Crippen LogP contribution < -0.4 is 10.2 Å². The van der Waals surface area contributed by atoms with Gasteiger partial charge in [0.15, 0.2) is 5.96 Å². The van der Waals surface area contributed by atoms with Gasteiger partial charge in [-0.15, -0.1) is 24.0 Å². The van der Waals surface area contributed by atoms with Crippen molar-refractivity contribution >= 4 is 46.6 Å². The van der Waals surface area contributed by atoms with Gasteiger partial charge >= 0.3 is 6.18 Å². The number of guanidine groups is 1. The first-order valence-corrected chi connectivity index (χ1v) is 10.4. The van der Waals surface area contributed by atoms with Crippen molar-refractivity contribution in [3.63, 3.8) is 0 Å². The molecule has 0 amide bonds. The molecule has 0 unspecified atom stereocenters. The fraction of sp³-hybridized carbons (Fsp3) is 0.450. The number of aromatic nitrogens is 2. The summed E-state index contributed by atoms with van der Waals surface area (Å²) in [5, 5.41) is 4.15. The molecule has 0 bridgehead atoms. The van der Waals surface area contributed by atoms with E-state index in [1.807, 2.05) is 6.92 Å². The molecular weight excluding hydrogens is 540 g/mol. The quantitative estimate of drug-likeness (QED) is 0.268. The van der Waals surface area contributed by atoms with Gasteiger partial charge in [0, 0.05) is 56.7 Å². The topological polar surface area (TPSA) is 56.7 Å². The van der Waals surface area contributed by atoms with E-state index in [2.05, 4.69) is 41.3 Å². The Bertz CT molecular complexity index is 925. The largest absolute Gasteiger partial charge is 0.416 e. The van der Waals surface area contributed by atoms with E-state index in [9.17, 15) is 13.2 Å². The molecule has 1 aliphatic heterocycles. The second-order valence-corrected chi connectivity index (χ2v) is 7.33. The number of hydrogen-bond acceptors (Lipinski definition) is 5. The van der Waals surface area contributed by atoms with E-state index in [1.165, 1.54) is 23.7 Å². The summed E-state index contributed by atoms with van der Waals surface area (Å²) >= 11 is 1.43. The Labute approximate surface area is 201 Å². The number of aryl methyl sites for hydroxylation is 1. The second kappa shape index (κ2) is 11.5. The van der Waals surface area contributed by atoms with E-state index in [0.717, 1.165) is 61.6 Å². The van der Waals surface area contributed by atoms with Crippen molar-refractivity contribution < 1.29 is 13.2 Å². The maximum atomic E-state index is 12.6. The van der Waals surface area contributed by atoms with E-state index in [-0.39, 0.29) is 24.0 Å². The molecule has 168 valence electrons. The van der Waals surface area contributed by atoms with Gasteiger partial charge in [-0.2, -0.15) is 17.5 Å². The summed E-state index contributed by atoms with van der Waals surface area (Å²) in [4.78, 5) is 13.2. The second-order valence-electron chi connectivity index (χ2n) is 6.60. The van der Waals surface area contributed by atoms with E-state index >= 15 is 0 Å². The number of anilines is 1. The third-order valence-electron chi connectivity index (χ3n) is 4.61. The number of nitrogens with one attached hydrogen (secondary N) is 1. The lowest BCUT2D eigenvalue weighted by molar-refractivity contribution is -0.137. The highest BCUT2D eigenvalue weighted by Gasteiger charge is 2.29. The van der Waals surface area contributed by atoms with Crippen LogP contribution in [0.15, 0.2) is 29.3 Å². The van der Waals surface area contributed by atoms with Gasteiger partial charge in [0.05, 0.1) is 12.1 Å². The highest BCUT2D eigenvalue weighted by atomic mass is 127. The zero-order chi connectivity index (χ0) is 21.6. The molecule has 6 nitrogen and oxygen atoms in total. The van der Waals surface area contributed by atoms with Gasteiger partial charge < -0.3 is 15.1 Å². The van der Waals surface area contributed by atoms with Crippen LogP contribution in [-0.2, 0) is 12.6 Å². The van der Waals surface area contributed by atoms with Crippen LogP contribution in [-0.4, -0.2) is 60.0 Å². The highest BCUT2D eigenvalue weighted by molar-refractivity contribution is 14.0. The molecule has 2 heterocycles. The molecule has 1 aliphatic rings. The third-order valence-corrected chi connectivity index (χ3v) is 5.43. The van der Waals surface area contributed by atoms with Crippen molar-refractivity contribution in [1.29, 1.82) is 0 Å². The number of halogens is 4. The van der Waals surface area contributed by atoms with Crippen molar-refractivity contribution in [2.45, 2.75) is 19.5 Å². The molecule has 11 heteroatoms. The molecule has 0 radical (unpaired) electrons. The van der Waals surface area contributed by atoms with Crippen LogP contribution >= 0.6 is 35.5 Å². The Hall–Kier alpha value is -2.07. The monoisotopic (exact) mass is 564 g/mol. The predicted molar refractivity (Wildman–Crippen MR) is 128 cm³/mol. The van der Waals surface area contributed by atoms with Crippen molar-refractivity contribution in [3.8, 4) is 11.8 Å². The Morgan fingerprint density at radius 3 is 2.42 bits per heavy atom. The highest BCUT2D eigenvalue weighted by Crippen LogP contribution is 2.28. The number of hydrogen-bond donors (Lipinski definition) is 1. The van der Waals surface area contributed by atoms with Crippen LogP contribution in [0.25, 0.3) is 0 Å².